The minimum atomic E-state index is -0.411. The molecule has 1 heterocycles. The van der Waals surface area contributed by atoms with Gasteiger partial charge < -0.3 is 14.8 Å². The number of aromatic nitrogens is 2. The second kappa shape index (κ2) is 13.2. The third-order valence-electron chi connectivity index (χ3n) is 5.81. The molecule has 40 heavy (non-hydrogen) atoms. The number of fused-ring (bicyclic) bond motifs is 1. The first-order valence-corrected chi connectivity index (χ1v) is 13.5. The SMILES string of the molecule is C=CCc1cc(C=Nn2c(CC)nc3ccc(Br)cc3c2=O)cc(OCC)c1OCC(=O)Nc1ccc(F)cc1. The molecule has 1 amide bonds. The summed E-state index contributed by atoms with van der Waals surface area (Å²) in [6.07, 6.45) is 4.22. The van der Waals surface area contributed by atoms with Gasteiger partial charge in [-0.15, -0.1) is 6.58 Å². The van der Waals surface area contributed by atoms with E-state index in [9.17, 15) is 14.0 Å². The van der Waals surface area contributed by atoms with E-state index in [0.29, 0.717) is 58.9 Å². The largest absolute Gasteiger partial charge is 0.490 e. The molecule has 206 valence electrons. The van der Waals surface area contributed by atoms with Gasteiger partial charge in [0.05, 0.1) is 23.7 Å². The van der Waals surface area contributed by atoms with E-state index in [1.54, 1.807) is 30.5 Å². The van der Waals surface area contributed by atoms with Crippen LogP contribution in [0.25, 0.3) is 10.9 Å². The fourth-order valence-corrected chi connectivity index (χ4v) is 4.39. The molecule has 0 bridgehead atoms. The van der Waals surface area contributed by atoms with E-state index < -0.39 is 11.7 Å². The Kier molecular flexibility index (Phi) is 9.44. The van der Waals surface area contributed by atoms with Gasteiger partial charge in [0.2, 0.25) is 0 Å². The fraction of sp³-hybridized carbons (Fsp3) is 0.200. The molecule has 1 aromatic heterocycles. The maximum absolute atomic E-state index is 13.2. The number of rotatable bonds is 11. The van der Waals surface area contributed by atoms with Crippen LogP contribution in [0.5, 0.6) is 11.5 Å². The zero-order valence-electron chi connectivity index (χ0n) is 22.1. The lowest BCUT2D eigenvalue weighted by Crippen LogP contribution is -2.22. The second-order valence-corrected chi connectivity index (χ2v) is 9.60. The summed E-state index contributed by atoms with van der Waals surface area (Å²) < 4.78 is 27.0. The van der Waals surface area contributed by atoms with Gasteiger partial charge in [-0.1, -0.05) is 28.9 Å². The quantitative estimate of drug-likeness (QED) is 0.170. The van der Waals surface area contributed by atoms with Gasteiger partial charge >= 0.3 is 0 Å². The van der Waals surface area contributed by atoms with Gasteiger partial charge in [-0.25, -0.2) is 9.37 Å². The van der Waals surface area contributed by atoms with E-state index in [4.69, 9.17) is 9.47 Å². The Hall–Kier alpha value is -4.31. The Balaban J connectivity index is 1.64. The first-order chi connectivity index (χ1) is 19.3. The third-order valence-corrected chi connectivity index (χ3v) is 6.30. The van der Waals surface area contributed by atoms with Crippen molar-refractivity contribution in [2.45, 2.75) is 26.7 Å². The first kappa shape index (κ1) is 28.7. The lowest BCUT2D eigenvalue weighted by Gasteiger charge is -2.16. The third kappa shape index (κ3) is 6.81. The highest BCUT2D eigenvalue weighted by atomic mass is 79.9. The van der Waals surface area contributed by atoms with E-state index in [2.05, 4.69) is 37.9 Å². The maximum Gasteiger partial charge on any atom is 0.282 e. The maximum atomic E-state index is 13.2. The van der Waals surface area contributed by atoms with Crippen LogP contribution in [-0.4, -0.2) is 35.0 Å². The number of benzene rings is 3. The molecule has 1 N–H and O–H groups in total. The Morgan fingerprint density at radius 2 is 1.93 bits per heavy atom. The summed E-state index contributed by atoms with van der Waals surface area (Å²) in [5.41, 5.74) is 2.17. The van der Waals surface area contributed by atoms with E-state index in [0.717, 1.165) is 10.0 Å². The molecular weight excluding hydrogens is 579 g/mol. The van der Waals surface area contributed by atoms with Crippen molar-refractivity contribution in [2.75, 3.05) is 18.5 Å². The van der Waals surface area contributed by atoms with Crippen molar-refractivity contribution in [3.8, 4) is 11.5 Å². The monoisotopic (exact) mass is 606 g/mol. The van der Waals surface area contributed by atoms with Crippen molar-refractivity contribution in [3.63, 3.8) is 0 Å². The van der Waals surface area contributed by atoms with Crippen LogP contribution in [0.2, 0.25) is 0 Å². The number of carbonyl (C=O) groups excluding carboxylic acids is 1. The van der Waals surface area contributed by atoms with Crippen LogP contribution in [0.15, 0.2) is 81.6 Å². The molecule has 0 atom stereocenters. The van der Waals surface area contributed by atoms with Crippen LogP contribution in [0.3, 0.4) is 0 Å². The summed E-state index contributed by atoms with van der Waals surface area (Å²) in [5.74, 6) is 0.540. The van der Waals surface area contributed by atoms with Crippen molar-refractivity contribution >= 4 is 44.6 Å². The highest BCUT2D eigenvalue weighted by molar-refractivity contribution is 9.10. The van der Waals surface area contributed by atoms with Crippen molar-refractivity contribution < 1.29 is 18.7 Å². The van der Waals surface area contributed by atoms with E-state index in [1.165, 1.54) is 28.9 Å². The zero-order chi connectivity index (χ0) is 28.6. The molecule has 3 aromatic carbocycles. The molecule has 0 saturated carbocycles. The van der Waals surface area contributed by atoms with Crippen LogP contribution in [-0.2, 0) is 17.6 Å². The number of anilines is 1. The smallest absolute Gasteiger partial charge is 0.282 e. The molecule has 4 aromatic rings. The van der Waals surface area contributed by atoms with E-state index in [1.807, 2.05) is 26.0 Å². The lowest BCUT2D eigenvalue weighted by molar-refractivity contribution is -0.118. The van der Waals surface area contributed by atoms with Crippen molar-refractivity contribution in [1.29, 1.82) is 0 Å². The number of nitrogens with one attached hydrogen (secondary N) is 1. The van der Waals surface area contributed by atoms with E-state index in [-0.39, 0.29) is 12.2 Å². The number of carbonyl (C=O) groups is 1. The molecule has 0 aliphatic heterocycles. The van der Waals surface area contributed by atoms with Crippen LogP contribution in [0, 0.1) is 5.82 Å². The molecule has 4 rings (SSSR count). The van der Waals surface area contributed by atoms with Crippen LogP contribution in [0.4, 0.5) is 10.1 Å². The molecule has 8 nitrogen and oxygen atoms in total. The Morgan fingerprint density at radius 3 is 2.62 bits per heavy atom. The summed E-state index contributed by atoms with van der Waals surface area (Å²) in [6, 6.07) is 14.4. The summed E-state index contributed by atoms with van der Waals surface area (Å²) in [4.78, 5) is 30.3. The minimum absolute atomic E-state index is 0.275. The van der Waals surface area contributed by atoms with Gasteiger partial charge in [0.1, 0.15) is 11.6 Å². The van der Waals surface area contributed by atoms with Gasteiger partial charge in [0, 0.05) is 22.1 Å². The van der Waals surface area contributed by atoms with Crippen LogP contribution >= 0.6 is 15.9 Å². The van der Waals surface area contributed by atoms with Crippen molar-refractivity contribution in [1.82, 2.24) is 9.66 Å². The Labute approximate surface area is 239 Å². The lowest BCUT2D eigenvalue weighted by atomic mass is 10.1. The van der Waals surface area contributed by atoms with Crippen molar-refractivity contribution in [3.05, 3.63) is 105 Å². The number of aryl methyl sites for hydroxylation is 1. The van der Waals surface area contributed by atoms with Gasteiger partial charge in [-0.05, 0) is 73.5 Å². The predicted molar refractivity (Wildman–Crippen MR) is 158 cm³/mol. The zero-order valence-corrected chi connectivity index (χ0v) is 23.7. The van der Waals surface area contributed by atoms with Crippen LogP contribution < -0.4 is 20.3 Å². The number of hydrogen-bond acceptors (Lipinski definition) is 6. The standard InChI is InChI=1S/C30H28BrFN4O4/c1-4-7-20-14-19(17-33-36-27(5-2)35-25-13-8-21(31)16-24(25)30(36)38)15-26(39-6-3)29(20)40-18-28(37)34-23-11-9-22(32)10-12-23/h4,8-17H,1,5-7,18H2,2-3H3,(H,34,37). The van der Waals surface area contributed by atoms with Gasteiger partial charge in [-0.2, -0.15) is 9.78 Å². The number of allylic oxidation sites excluding steroid dienone is 1. The summed E-state index contributed by atoms with van der Waals surface area (Å²) in [7, 11) is 0. The van der Waals surface area contributed by atoms with Crippen molar-refractivity contribution in [2.24, 2.45) is 5.10 Å². The first-order valence-electron chi connectivity index (χ1n) is 12.7. The van der Waals surface area contributed by atoms with Gasteiger partial charge in [0.25, 0.3) is 11.5 Å². The Bertz CT molecular complexity index is 1630. The number of nitrogens with zero attached hydrogens (tertiary/aromatic N) is 3. The normalized spacial score (nSPS) is 11.1. The number of amides is 1. The highest BCUT2D eigenvalue weighted by Crippen LogP contribution is 2.33. The molecule has 10 heteroatoms. The molecule has 0 aliphatic rings. The molecule has 0 radical (unpaired) electrons. The van der Waals surface area contributed by atoms with Crippen LogP contribution in [0.1, 0.15) is 30.8 Å². The topological polar surface area (TPSA) is 94.8 Å². The number of halogens is 2. The van der Waals surface area contributed by atoms with Gasteiger partial charge in [0.15, 0.2) is 18.1 Å². The average molecular weight is 607 g/mol. The molecule has 0 spiro atoms. The molecule has 0 saturated heterocycles. The Morgan fingerprint density at radius 1 is 1.15 bits per heavy atom. The summed E-state index contributed by atoms with van der Waals surface area (Å²) >= 11 is 3.41. The number of ether oxygens (including phenoxy) is 2. The summed E-state index contributed by atoms with van der Waals surface area (Å²) in [5, 5.41) is 7.60. The molecule has 0 aliphatic carbocycles. The predicted octanol–water partition coefficient (Wildman–Crippen LogP) is 5.89. The summed E-state index contributed by atoms with van der Waals surface area (Å²) in [6.45, 7) is 7.64. The number of hydrogen-bond donors (Lipinski definition) is 1. The second-order valence-electron chi connectivity index (χ2n) is 8.68. The molecule has 0 fully saturated rings. The van der Waals surface area contributed by atoms with E-state index >= 15 is 0 Å². The average Bonchev–Trinajstić information content (AvgIpc) is 2.94. The minimum Gasteiger partial charge on any atom is -0.490 e. The highest BCUT2D eigenvalue weighted by Gasteiger charge is 2.16. The molecule has 0 unspecified atom stereocenters. The molecular formula is C30H28BrFN4O4. The van der Waals surface area contributed by atoms with Gasteiger partial charge in [-0.3, -0.25) is 9.59 Å². The fourth-order valence-electron chi connectivity index (χ4n) is 4.03.